The SMILES string of the molecule is O=C(c1cccc(F)c1)N1CC(N2CCCC2)C1. The summed E-state index contributed by atoms with van der Waals surface area (Å²) in [7, 11) is 0. The van der Waals surface area contributed by atoms with Crippen LogP contribution in [0.25, 0.3) is 0 Å². The quantitative estimate of drug-likeness (QED) is 0.796. The average molecular weight is 248 g/mol. The first-order valence-electron chi connectivity index (χ1n) is 6.53. The van der Waals surface area contributed by atoms with Crippen LogP contribution in [0.5, 0.6) is 0 Å². The Morgan fingerprint density at radius 2 is 1.94 bits per heavy atom. The third-order valence-electron chi connectivity index (χ3n) is 3.88. The standard InChI is InChI=1S/C14H17FN2O/c15-12-5-3-4-11(8-12)14(18)17-9-13(10-17)16-6-1-2-7-16/h3-5,8,13H,1-2,6-7,9-10H2. The van der Waals surface area contributed by atoms with Gasteiger partial charge in [-0.3, -0.25) is 9.69 Å². The van der Waals surface area contributed by atoms with Crippen LogP contribution in [0.4, 0.5) is 4.39 Å². The third-order valence-corrected chi connectivity index (χ3v) is 3.88. The molecule has 1 aromatic carbocycles. The van der Waals surface area contributed by atoms with Crippen LogP contribution in [0.1, 0.15) is 23.2 Å². The molecule has 4 heteroatoms. The summed E-state index contributed by atoms with van der Waals surface area (Å²) >= 11 is 0. The fourth-order valence-corrected chi connectivity index (χ4v) is 2.76. The smallest absolute Gasteiger partial charge is 0.254 e. The fraction of sp³-hybridized carbons (Fsp3) is 0.500. The minimum absolute atomic E-state index is 0.0510. The van der Waals surface area contributed by atoms with Crippen molar-refractivity contribution in [2.24, 2.45) is 0 Å². The molecule has 0 bridgehead atoms. The maximum absolute atomic E-state index is 13.1. The van der Waals surface area contributed by atoms with Crippen molar-refractivity contribution in [2.75, 3.05) is 26.2 Å². The van der Waals surface area contributed by atoms with E-state index in [9.17, 15) is 9.18 Å². The zero-order chi connectivity index (χ0) is 12.5. The van der Waals surface area contributed by atoms with Crippen LogP contribution in [0.15, 0.2) is 24.3 Å². The van der Waals surface area contributed by atoms with Crippen LogP contribution in [0.2, 0.25) is 0 Å². The minimum atomic E-state index is -0.350. The van der Waals surface area contributed by atoms with Gasteiger partial charge in [0.15, 0.2) is 0 Å². The van der Waals surface area contributed by atoms with Gasteiger partial charge in [0.1, 0.15) is 5.82 Å². The van der Waals surface area contributed by atoms with E-state index in [2.05, 4.69) is 4.90 Å². The van der Waals surface area contributed by atoms with Crippen LogP contribution in [-0.4, -0.2) is 47.9 Å². The van der Waals surface area contributed by atoms with E-state index in [-0.39, 0.29) is 11.7 Å². The van der Waals surface area contributed by atoms with Crippen molar-refractivity contribution < 1.29 is 9.18 Å². The maximum atomic E-state index is 13.1. The molecule has 3 nitrogen and oxygen atoms in total. The summed E-state index contributed by atoms with van der Waals surface area (Å²) in [4.78, 5) is 16.3. The summed E-state index contributed by atoms with van der Waals surface area (Å²) in [6, 6.07) is 6.45. The summed E-state index contributed by atoms with van der Waals surface area (Å²) < 4.78 is 13.1. The molecule has 2 saturated heterocycles. The van der Waals surface area contributed by atoms with Crippen LogP contribution in [0.3, 0.4) is 0 Å². The molecule has 0 radical (unpaired) electrons. The molecule has 2 fully saturated rings. The largest absolute Gasteiger partial charge is 0.335 e. The van der Waals surface area contributed by atoms with Crippen molar-refractivity contribution in [2.45, 2.75) is 18.9 Å². The summed E-state index contributed by atoms with van der Waals surface area (Å²) in [5, 5.41) is 0. The first-order chi connectivity index (χ1) is 8.74. The molecule has 1 aromatic rings. The number of hydrogen-bond donors (Lipinski definition) is 0. The van der Waals surface area contributed by atoms with Gasteiger partial charge < -0.3 is 4.90 Å². The Balaban J connectivity index is 1.59. The molecule has 3 rings (SSSR count). The highest BCUT2D eigenvalue weighted by Crippen LogP contribution is 2.21. The van der Waals surface area contributed by atoms with E-state index in [0.717, 1.165) is 26.2 Å². The van der Waals surface area contributed by atoms with Crippen molar-refractivity contribution in [3.63, 3.8) is 0 Å². The van der Waals surface area contributed by atoms with Crippen LogP contribution < -0.4 is 0 Å². The second-order valence-corrected chi connectivity index (χ2v) is 5.12. The van der Waals surface area contributed by atoms with E-state index in [4.69, 9.17) is 0 Å². The normalized spacial score (nSPS) is 21.1. The molecular formula is C14H17FN2O. The van der Waals surface area contributed by atoms with E-state index < -0.39 is 0 Å². The molecule has 2 aliphatic heterocycles. The van der Waals surface area contributed by atoms with E-state index in [0.29, 0.717) is 11.6 Å². The molecular weight excluding hydrogens is 231 g/mol. The summed E-state index contributed by atoms with van der Waals surface area (Å²) in [5.41, 5.74) is 0.454. The number of benzene rings is 1. The third kappa shape index (κ3) is 2.12. The lowest BCUT2D eigenvalue weighted by Gasteiger charge is -2.44. The first-order valence-corrected chi connectivity index (χ1v) is 6.53. The van der Waals surface area contributed by atoms with Crippen molar-refractivity contribution in [3.8, 4) is 0 Å². The van der Waals surface area contributed by atoms with Gasteiger partial charge in [0.2, 0.25) is 0 Å². The second-order valence-electron chi connectivity index (χ2n) is 5.12. The molecule has 96 valence electrons. The number of hydrogen-bond acceptors (Lipinski definition) is 2. The van der Waals surface area contributed by atoms with E-state index in [1.165, 1.54) is 25.0 Å². The van der Waals surface area contributed by atoms with E-state index in [1.54, 1.807) is 17.0 Å². The summed E-state index contributed by atoms with van der Waals surface area (Å²) in [6.07, 6.45) is 2.54. The van der Waals surface area contributed by atoms with Crippen LogP contribution in [-0.2, 0) is 0 Å². The number of rotatable bonds is 2. The molecule has 0 aliphatic carbocycles. The monoisotopic (exact) mass is 248 g/mol. The average Bonchev–Trinajstić information content (AvgIpc) is 2.80. The van der Waals surface area contributed by atoms with Gasteiger partial charge in [0.05, 0.1) is 0 Å². The number of amides is 1. The highest BCUT2D eigenvalue weighted by Gasteiger charge is 2.35. The Kier molecular flexibility index (Phi) is 3.04. The number of carbonyl (C=O) groups excluding carboxylic acids is 1. The van der Waals surface area contributed by atoms with Gasteiger partial charge in [0, 0.05) is 24.7 Å². The molecule has 2 aliphatic rings. The predicted octanol–water partition coefficient (Wildman–Crippen LogP) is 1.75. The summed E-state index contributed by atoms with van der Waals surface area (Å²) in [5.74, 6) is -0.401. The molecule has 1 amide bonds. The molecule has 2 heterocycles. The van der Waals surface area contributed by atoms with Crippen molar-refractivity contribution in [3.05, 3.63) is 35.6 Å². The predicted molar refractivity (Wildman–Crippen MR) is 66.9 cm³/mol. The maximum Gasteiger partial charge on any atom is 0.254 e. The van der Waals surface area contributed by atoms with Crippen LogP contribution >= 0.6 is 0 Å². The number of likely N-dealkylation sites (tertiary alicyclic amines) is 2. The molecule has 0 unspecified atom stereocenters. The van der Waals surface area contributed by atoms with Crippen LogP contribution in [0, 0.1) is 5.82 Å². The Morgan fingerprint density at radius 3 is 2.61 bits per heavy atom. The van der Waals surface area contributed by atoms with Crippen molar-refractivity contribution in [1.29, 1.82) is 0 Å². The van der Waals surface area contributed by atoms with Gasteiger partial charge in [-0.05, 0) is 44.1 Å². The van der Waals surface area contributed by atoms with Gasteiger partial charge >= 0.3 is 0 Å². The molecule has 0 aromatic heterocycles. The number of carbonyl (C=O) groups is 1. The summed E-state index contributed by atoms with van der Waals surface area (Å²) in [6.45, 7) is 3.89. The van der Waals surface area contributed by atoms with Crippen molar-refractivity contribution >= 4 is 5.91 Å². The second kappa shape index (κ2) is 4.69. The number of halogens is 1. The lowest BCUT2D eigenvalue weighted by molar-refractivity contribution is 0.0334. The Morgan fingerprint density at radius 1 is 1.22 bits per heavy atom. The highest BCUT2D eigenvalue weighted by molar-refractivity contribution is 5.94. The molecule has 0 saturated carbocycles. The van der Waals surface area contributed by atoms with Gasteiger partial charge in [-0.2, -0.15) is 0 Å². The molecule has 18 heavy (non-hydrogen) atoms. The number of nitrogens with zero attached hydrogens (tertiary/aromatic N) is 2. The first kappa shape index (κ1) is 11.7. The lowest BCUT2D eigenvalue weighted by Crippen LogP contribution is -2.60. The van der Waals surface area contributed by atoms with E-state index >= 15 is 0 Å². The molecule has 0 N–H and O–H groups in total. The molecule has 0 spiro atoms. The Labute approximate surface area is 106 Å². The van der Waals surface area contributed by atoms with Gasteiger partial charge in [-0.25, -0.2) is 4.39 Å². The Hall–Kier alpha value is -1.42. The van der Waals surface area contributed by atoms with Crippen molar-refractivity contribution in [1.82, 2.24) is 9.80 Å². The van der Waals surface area contributed by atoms with Gasteiger partial charge in [-0.1, -0.05) is 6.07 Å². The minimum Gasteiger partial charge on any atom is -0.335 e. The zero-order valence-corrected chi connectivity index (χ0v) is 10.3. The topological polar surface area (TPSA) is 23.6 Å². The fourth-order valence-electron chi connectivity index (χ4n) is 2.76. The Bertz CT molecular complexity index is 451. The van der Waals surface area contributed by atoms with Gasteiger partial charge in [-0.15, -0.1) is 0 Å². The lowest BCUT2D eigenvalue weighted by atomic mass is 10.1. The van der Waals surface area contributed by atoms with E-state index in [1.807, 2.05) is 0 Å². The molecule has 0 atom stereocenters. The van der Waals surface area contributed by atoms with Gasteiger partial charge in [0.25, 0.3) is 5.91 Å². The highest BCUT2D eigenvalue weighted by atomic mass is 19.1. The zero-order valence-electron chi connectivity index (χ0n) is 10.3.